The molecule has 0 amide bonds. The van der Waals surface area contributed by atoms with Crippen LogP contribution in [0, 0.1) is 0 Å². The number of nitrogens with zero attached hydrogens (tertiary/aromatic N) is 3. The van der Waals surface area contributed by atoms with Crippen LogP contribution in [0.4, 0.5) is 14.6 Å². The molecule has 0 aromatic carbocycles. The lowest BCUT2D eigenvalue weighted by Gasteiger charge is -2.33. The van der Waals surface area contributed by atoms with Crippen LogP contribution in [-0.4, -0.2) is 35.2 Å². The molecule has 0 aliphatic carbocycles. The maximum atomic E-state index is 13.3. The minimum atomic E-state index is -2.64. The van der Waals surface area contributed by atoms with Crippen LogP contribution in [-0.2, 0) is 0 Å². The zero-order valence-corrected chi connectivity index (χ0v) is 10.9. The predicted molar refractivity (Wildman–Crippen MR) is 65.2 cm³/mol. The molecule has 94 valence electrons. The second-order valence-electron chi connectivity index (χ2n) is 3.92. The molecule has 0 saturated carbocycles. The molecule has 7 heteroatoms. The number of anilines is 1. The highest BCUT2D eigenvalue weighted by Crippen LogP contribution is 2.30. The first kappa shape index (κ1) is 12.8. The van der Waals surface area contributed by atoms with Crippen molar-refractivity contribution in [3.63, 3.8) is 0 Å². The summed E-state index contributed by atoms with van der Waals surface area (Å²) in [5.74, 6) is -2.16. The molecule has 0 radical (unpaired) electrons. The molecule has 0 unspecified atom stereocenters. The summed E-state index contributed by atoms with van der Waals surface area (Å²) in [5, 5.41) is 0.787. The highest BCUT2D eigenvalue weighted by Gasteiger charge is 2.35. The van der Waals surface area contributed by atoms with Crippen LogP contribution in [0.2, 0.25) is 5.15 Å². The Morgan fingerprint density at radius 3 is 2.88 bits per heavy atom. The van der Waals surface area contributed by atoms with Gasteiger partial charge in [-0.2, -0.15) is 0 Å². The van der Waals surface area contributed by atoms with E-state index in [0.717, 1.165) is 0 Å². The molecule has 1 aromatic heterocycles. The number of alkyl halides is 2. The summed E-state index contributed by atoms with van der Waals surface area (Å²) in [6.45, 7) is 0.283. The SMILES string of the molecule is CSc1nc(Cl)cc(N2CCCC(F)(F)C2)n1. The van der Waals surface area contributed by atoms with E-state index in [-0.39, 0.29) is 18.1 Å². The van der Waals surface area contributed by atoms with E-state index in [4.69, 9.17) is 11.6 Å². The van der Waals surface area contributed by atoms with E-state index in [9.17, 15) is 8.78 Å². The molecule has 1 saturated heterocycles. The van der Waals surface area contributed by atoms with Gasteiger partial charge in [-0.15, -0.1) is 0 Å². The Morgan fingerprint density at radius 2 is 2.24 bits per heavy atom. The highest BCUT2D eigenvalue weighted by molar-refractivity contribution is 7.98. The third-order valence-electron chi connectivity index (χ3n) is 2.56. The summed E-state index contributed by atoms with van der Waals surface area (Å²) in [6.07, 6.45) is 2.22. The van der Waals surface area contributed by atoms with Crippen LogP contribution < -0.4 is 4.90 Å². The van der Waals surface area contributed by atoms with Gasteiger partial charge >= 0.3 is 0 Å². The first-order valence-electron chi connectivity index (χ1n) is 5.21. The van der Waals surface area contributed by atoms with Gasteiger partial charge in [0.05, 0.1) is 6.54 Å². The standard InChI is InChI=1S/C10H12ClF2N3S/c1-17-9-14-7(11)5-8(15-9)16-4-2-3-10(12,13)6-16/h5H,2-4,6H2,1H3. The van der Waals surface area contributed by atoms with Crippen molar-refractivity contribution in [2.45, 2.75) is 23.9 Å². The first-order valence-corrected chi connectivity index (χ1v) is 6.82. The highest BCUT2D eigenvalue weighted by atomic mass is 35.5. The van der Waals surface area contributed by atoms with E-state index < -0.39 is 5.92 Å². The average molecular weight is 280 g/mol. The molecule has 0 N–H and O–H groups in total. The van der Waals surface area contributed by atoms with Crippen LogP contribution in [0.5, 0.6) is 0 Å². The second-order valence-corrected chi connectivity index (χ2v) is 5.08. The fourth-order valence-electron chi connectivity index (χ4n) is 1.80. The summed E-state index contributed by atoms with van der Waals surface area (Å²) in [6, 6.07) is 1.53. The molecule has 1 aliphatic heterocycles. The van der Waals surface area contributed by atoms with Gasteiger partial charge in [0.15, 0.2) is 5.16 Å². The summed E-state index contributed by atoms with van der Waals surface area (Å²) in [5.41, 5.74) is 0. The Morgan fingerprint density at radius 1 is 1.47 bits per heavy atom. The van der Waals surface area contributed by atoms with Gasteiger partial charge in [0, 0.05) is 19.0 Å². The molecular weight excluding hydrogens is 268 g/mol. The van der Waals surface area contributed by atoms with Crippen LogP contribution in [0.3, 0.4) is 0 Å². The summed E-state index contributed by atoms with van der Waals surface area (Å²) < 4.78 is 26.6. The molecule has 1 aromatic rings. The van der Waals surface area contributed by atoms with Crippen LogP contribution in [0.1, 0.15) is 12.8 Å². The normalized spacial score (nSPS) is 19.4. The zero-order valence-electron chi connectivity index (χ0n) is 9.29. The van der Waals surface area contributed by atoms with E-state index in [1.165, 1.54) is 17.8 Å². The van der Waals surface area contributed by atoms with E-state index in [2.05, 4.69) is 9.97 Å². The van der Waals surface area contributed by atoms with E-state index >= 15 is 0 Å². The van der Waals surface area contributed by atoms with Crippen molar-refractivity contribution >= 4 is 29.2 Å². The quantitative estimate of drug-likeness (QED) is 0.473. The zero-order chi connectivity index (χ0) is 12.5. The molecule has 0 spiro atoms. The van der Waals surface area contributed by atoms with E-state index in [0.29, 0.717) is 23.9 Å². The molecule has 17 heavy (non-hydrogen) atoms. The Hall–Kier alpha value is -0.620. The third kappa shape index (κ3) is 3.19. The van der Waals surface area contributed by atoms with Crippen LogP contribution in [0.25, 0.3) is 0 Å². The van der Waals surface area contributed by atoms with Gasteiger partial charge in [-0.3, -0.25) is 0 Å². The monoisotopic (exact) mass is 279 g/mol. The summed E-state index contributed by atoms with van der Waals surface area (Å²) >= 11 is 7.18. The number of halogens is 3. The van der Waals surface area contributed by atoms with E-state index in [1.54, 1.807) is 4.90 Å². The van der Waals surface area contributed by atoms with Crippen molar-refractivity contribution in [3.05, 3.63) is 11.2 Å². The Kier molecular flexibility index (Phi) is 3.73. The third-order valence-corrected chi connectivity index (χ3v) is 3.30. The van der Waals surface area contributed by atoms with E-state index in [1.807, 2.05) is 6.26 Å². The maximum absolute atomic E-state index is 13.3. The number of aromatic nitrogens is 2. The van der Waals surface area contributed by atoms with Crippen molar-refractivity contribution < 1.29 is 8.78 Å². The molecule has 1 fully saturated rings. The minimum Gasteiger partial charge on any atom is -0.350 e. The maximum Gasteiger partial charge on any atom is 0.265 e. The van der Waals surface area contributed by atoms with Gasteiger partial charge in [-0.25, -0.2) is 18.7 Å². The van der Waals surface area contributed by atoms with Crippen molar-refractivity contribution in [3.8, 4) is 0 Å². The largest absolute Gasteiger partial charge is 0.350 e. The topological polar surface area (TPSA) is 29.0 Å². The lowest BCUT2D eigenvalue weighted by Crippen LogP contribution is -2.43. The number of hydrogen-bond donors (Lipinski definition) is 0. The van der Waals surface area contributed by atoms with Crippen LogP contribution >= 0.6 is 23.4 Å². The van der Waals surface area contributed by atoms with Crippen LogP contribution in [0.15, 0.2) is 11.2 Å². The molecule has 2 rings (SSSR count). The lowest BCUT2D eigenvalue weighted by atomic mass is 10.1. The molecule has 0 atom stereocenters. The Bertz CT molecular complexity index is 417. The van der Waals surface area contributed by atoms with Gasteiger partial charge in [-0.1, -0.05) is 23.4 Å². The molecule has 0 bridgehead atoms. The number of thioether (sulfide) groups is 1. The minimum absolute atomic E-state index is 0.0578. The van der Waals surface area contributed by atoms with Gasteiger partial charge < -0.3 is 4.90 Å². The molecule has 2 heterocycles. The Balaban J connectivity index is 2.24. The summed E-state index contributed by atoms with van der Waals surface area (Å²) in [7, 11) is 0. The molecule has 3 nitrogen and oxygen atoms in total. The molecule has 1 aliphatic rings. The number of hydrogen-bond acceptors (Lipinski definition) is 4. The van der Waals surface area contributed by atoms with Gasteiger partial charge in [0.25, 0.3) is 5.92 Å². The van der Waals surface area contributed by atoms with Crippen molar-refractivity contribution in [2.24, 2.45) is 0 Å². The van der Waals surface area contributed by atoms with Gasteiger partial charge in [0.1, 0.15) is 11.0 Å². The van der Waals surface area contributed by atoms with Crippen molar-refractivity contribution in [2.75, 3.05) is 24.2 Å². The Labute approximate surface area is 108 Å². The fraction of sp³-hybridized carbons (Fsp3) is 0.600. The lowest BCUT2D eigenvalue weighted by molar-refractivity contribution is -0.0118. The average Bonchev–Trinajstić information content (AvgIpc) is 2.27. The van der Waals surface area contributed by atoms with Gasteiger partial charge in [-0.05, 0) is 12.7 Å². The summed E-state index contributed by atoms with van der Waals surface area (Å²) in [4.78, 5) is 9.75. The van der Waals surface area contributed by atoms with Gasteiger partial charge in [0.2, 0.25) is 0 Å². The van der Waals surface area contributed by atoms with Crippen molar-refractivity contribution in [1.29, 1.82) is 0 Å². The van der Waals surface area contributed by atoms with Crippen molar-refractivity contribution in [1.82, 2.24) is 9.97 Å². The molecular formula is C10H12ClF2N3S. The number of rotatable bonds is 2. The fourth-order valence-corrected chi connectivity index (χ4v) is 2.40. The smallest absolute Gasteiger partial charge is 0.265 e. The second kappa shape index (κ2) is 4.94. The number of piperidine rings is 1. The predicted octanol–water partition coefficient (Wildman–Crippen LogP) is 3.09. The first-order chi connectivity index (χ1) is 8.00.